The van der Waals surface area contributed by atoms with Gasteiger partial charge >= 0.3 is 0 Å². The van der Waals surface area contributed by atoms with Crippen LogP contribution in [0.1, 0.15) is 27.3 Å². The number of hydrogen-bond donors (Lipinski definition) is 1. The molecule has 4 rings (SSSR count). The molecule has 148 valence electrons. The number of thiazole rings is 1. The van der Waals surface area contributed by atoms with Crippen LogP contribution in [0.3, 0.4) is 0 Å². The van der Waals surface area contributed by atoms with Gasteiger partial charge in [-0.2, -0.15) is 0 Å². The minimum atomic E-state index is -0.0305. The molecule has 2 aromatic carbocycles. The maximum atomic E-state index is 12.6. The number of ether oxygens (including phenoxy) is 1. The van der Waals surface area contributed by atoms with E-state index >= 15 is 0 Å². The molecule has 1 amide bonds. The number of carbonyl (C=O) groups excluding carboxylic acids is 1. The summed E-state index contributed by atoms with van der Waals surface area (Å²) in [6.45, 7) is 2.62. The third-order valence-corrected chi connectivity index (χ3v) is 6.07. The molecule has 5 nitrogen and oxygen atoms in total. The number of fused-ring (bicyclic) bond motifs is 1. The Labute approximate surface area is 174 Å². The Morgan fingerprint density at radius 3 is 2.59 bits per heavy atom. The molecule has 2 heterocycles. The predicted molar refractivity (Wildman–Crippen MR) is 117 cm³/mol. The number of rotatable bonds is 7. The number of aromatic nitrogens is 2. The van der Waals surface area contributed by atoms with Gasteiger partial charge in [0.2, 0.25) is 0 Å². The summed E-state index contributed by atoms with van der Waals surface area (Å²) in [5.74, 6) is 0.786. The molecule has 4 aromatic rings. The molecule has 0 radical (unpaired) electrons. The number of benzene rings is 2. The van der Waals surface area contributed by atoms with Crippen LogP contribution in [0, 0.1) is 6.92 Å². The second kappa shape index (κ2) is 8.49. The van der Waals surface area contributed by atoms with E-state index in [0.717, 1.165) is 40.5 Å². The zero-order chi connectivity index (χ0) is 20.2. The maximum absolute atomic E-state index is 12.6. The number of nitrogens with zero attached hydrogens (tertiary/aromatic N) is 2. The first-order chi connectivity index (χ1) is 14.2. The maximum Gasteiger partial charge on any atom is 0.263 e. The Morgan fingerprint density at radius 2 is 1.90 bits per heavy atom. The highest BCUT2D eigenvalue weighted by atomic mass is 32.1. The van der Waals surface area contributed by atoms with Crippen molar-refractivity contribution >= 4 is 22.2 Å². The molecule has 0 aliphatic carbocycles. The van der Waals surface area contributed by atoms with Crippen molar-refractivity contribution in [2.45, 2.75) is 19.8 Å². The van der Waals surface area contributed by atoms with E-state index in [9.17, 15) is 4.79 Å². The van der Waals surface area contributed by atoms with Crippen LogP contribution in [-0.4, -0.2) is 28.9 Å². The smallest absolute Gasteiger partial charge is 0.263 e. The Morgan fingerprint density at radius 1 is 1.14 bits per heavy atom. The molecule has 0 saturated heterocycles. The van der Waals surface area contributed by atoms with Gasteiger partial charge in [-0.25, -0.2) is 4.98 Å². The second-order valence-corrected chi connectivity index (χ2v) is 7.85. The van der Waals surface area contributed by atoms with Crippen LogP contribution >= 0.6 is 11.3 Å². The van der Waals surface area contributed by atoms with Crippen molar-refractivity contribution < 1.29 is 9.53 Å². The number of imidazole rings is 1. The quantitative estimate of drug-likeness (QED) is 0.452. The van der Waals surface area contributed by atoms with Gasteiger partial charge in [0.05, 0.1) is 12.8 Å². The van der Waals surface area contributed by atoms with Crippen molar-refractivity contribution in [3.05, 3.63) is 76.9 Å². The van der Waals surface area contributed by atoms with E-state index in [-0.39, 0.29) is 5.91 Å². The summed E-state index contributed by atoms with van der Waals surface area (Å²) in [7, 11) is 1.65. The summed E-state index contributed by atoms with van der Waals surface area (Å²) < 4.78 is 7.20. The summed E-state index contributed by atoms with van der Waals surface area (Å²) in [6, 6.07) is 18.1. The first-order valence-corrected chi connectivity index (χ1v) is 10.4. The van der Waals surface area contributed by atoms with Crippen molar-refractivity contribution in [3.8, 4) is 17.0 Å². The fourth-order valence-electron chi connectivity index (χ4n) is 3.28. The van der Waals surface area contributed by atoms with Gasteiger partial charge in [0.25, 0.3) is 5.91 Å². The van der Waals surface area contributed by atoms with Crippen molar-refractivity contribution in [2.75, 3.05) is 13.7 Å². The number of amides is 1. The highest BCUT2D eigenvalue weighted by molar-refractivity contribution is 7.19. The minimum absolute atomic E-state index is 0.0305. The van der Waals surface area contributed by atoms with Gasteiger partial charge in [-0.1, -0.05) is 41.7 Å². The molecule has 2 aromatic heterocycles. The normalized spacial score (nSPS) is 11.0. The lowest BCUT2D eigenvalue weighted by Gasteiger charge is -2.05. The molecule has 0 spiro atoms. The van der Waals surface area contributed by atoms with Crippen LogP contribution in [0.25, 0.3) is 16.2 Å². The van der Waals surface area contributed by atoms with Gasteiger partial charge in [-0.3, -0.25) is 9.20 Å². The molecule has 0 saturated carbocycles. The van der Waals surface area contributed by atoms with Crippen molar-refractivity contribution in [1.82, 2.24) is 14.7 Å². The van der Waals surface area contributed by atoms with Crippen LogP contribution in [0.5, 0.6) is 5.75 Å². The molecular formula is C23H23N3O2S. The van der Waals surface area contributed by atoms with Crippen LogP contribution in [0.2, 0.25) is 0 Å². The lowest BCUT2D eigenvalue weighted by Crippen LogP contribution is -2.24. The van der Waals surface area contributed by atoms with Crippen molar-refractivity contribution in [2.24, 2.45) is 0 Å². The molecule has 29 heavy (non-hydrogen) atoms. The van der Waals surface area contributed by atoms with Gasteiger partial charge in [-0.15, -0.1) is 0 Å². The Balaban J connectivity index is 1.42. The Bertz CT molecular complexity index is 1110. The van der Waals surface area contributed by atoms with E-state index < -0.39 is 0 Å². The molecule has 6 heteroatoms. The molecule has 0 aliphatic heterocycles. The van der Waals surface area contributed by atoms with E-state index in [4.69, 9.17) is 9.72 Å². The van der Waals surface area contributed by atoms with E-state index in [2.05, 4.69) is 17.4 Å². The van der Waals surface area contributed by atoms with Gasteiger partial charge in [0, 0.05) is 24.0 Å². The number of nitrogens with one attached hydrogen (secondary N) is 1. The Kier molecular flexibility index (Phi) is 5.62. The number of methoxy groups -OCH3 is 1. The van der Waals surface area contributed by atoms with Crippen LogP contribution in [0.4, 0.5) is 0 Å². The van der Waals surface area contributed by atoms with E-state index in [1.165, 1.54) is 16.9 Å². The number of carbonyl (C=O) groups is 1. The number of hydrogen-bond acceptors (Lipinski definition) is 4. The highest BCUT2D eigenvalue weighted by Gasteiger charge is 2.17. The lowest BCUT2D eigenvalue weighted by atomic mass is 10.1. The topological polar surface area (TPSA) is 55.6 Å². The van der Waals surface area contributed by atoms with E-state index in [0.29, 0.717) is 11.4 Å². The first kappa shape index (κ1) is 19.2. The van der Waals surface area contributed by atoms with Gasteiger partial charge < -0.3 is 10.1 Å². The summed E-state index contributed by atoms with van der Waals surface area (Å²) in [6.07, 6.45) is 3.85. The molecule has 0 aliphatic rings. The van der Waals surface area contributed by atoms with Gasteiger partial charge in [0.15, 0.2) is 4.96 Å². The Hall–Kier alpha value is -3.12. The van der Waals surface area contributed by atoms with Crippen LogP contribution in [0.15, 0.2) is 60.8 Å². The molecule has 0 fully saturated rings. The third kappa shape index (κ3) is 4.17. The fraction of sp³-hybridized carbons (Fsp3) is 0.217. The summed E-state index contributed by atoms with van der Waals surface area (Å²) in [5, 5.41) is 3.04. The predicted octanol–water partition coefficient (Wildman–Crippen LogP) is 4.74. The van der Waals surface area contributed by atoms with Crippen LogP contribution in [-0.2, 0) is 6.42 Å². The van der Waals surface area contributed by atoms with Crippen molar-refractivity contribution in [3.63, 3.8) is 0 Å². The molecule has 0 atom stereocenters. The highest BCUT2D eigenvalue weighted by Crippen LogP contribution is 2.28. The molecule has 0 unspecified atom stereocenters. The van der Waals surface area contributed by atoms with Crippen LogP contribution < -0.4 is 10.1 Å². The standard InChI is InChI=1S/C23H23N3O2S/c1-16-21(22(27)24-14-6-9-17-7-4-3-5-8-17)29-23-25-20(15-26(16)23)18-10-12-19(28-2)13-11-18/h3-5,7-8,10-13,15H,6,9,14H2,1-2H3,(H,24,27). The van der Waals surface area contributed by atoms with E-state index in [1.54, 1.807) is 7.11 Å². The summed E-state index contributed by atoms with van der Waals surface area (Å²) >= 11 is 1.42. The van der Waals surface area contributed by atoms with Gasteiger partial charge in [-0.05, 0) is 49.6 Å². The fourth-order valence-corrected chi connectivity index (χ4v) is 4.31. The summed E-state index contributed by atoms with van der Waals surface area (Å²) in [4.78, 5) is 18.9. The molecular weight excluding hydrogens is 382 g/mol. The zero-order valence-corrected chi connectivity index (χ0v) is 17.3. The van der Waals surface area contributed by atoms with Gasteiger partial charge in [0.1, 0.15) is 10.6 Å². The minimum Gasteiger partial charge on any atom is -0.497 e. The molecule has 1 N–H and O–H groups in total. The largest absolute Gasteiger partial charge is 0.497 e. The number of aryl methyl sites for hydroxylation is 2. The summed E-state index contributed by atoms with van der Waals surface area (Å²) in [5.41, 5.74) is 4.11. The first-order valence-electron chi connectivity index (χ1n) is 9.61. The third-order valence-electron chi connectivity index (χ3n) is 4.92. The zero-order valence-electron chi connectivity index (χ0n) is 16.5. The van der Waals surface area contributed by atoms with E-state index in [1.807, 2.05) is 60.0 Å². The lowest BCUT2D eigenvalue weighted by molar-refractivity contribution is 0.0956. The average molecular weight is 406 g/mol. The SMILES string of the molecule is COc1ccc(-c2cn3c(C)c(C(=O)NCCCc4ccccc4)sc3n2)cc1. The molecule has 0 bridgehead atoms. The average Bonchev–Trinajstić information content (AvgIpc) is 3.31. The monoisotopic (exact) mass is 405 g/mol. The van der Waals surface area contributed by atoms with Crippen molar-refractivity contribution in [1.29, 1.82) is 0 Å². The second-order valence-electron chi connectivity index (χ2n) is 6.87.